The number of rotatable bonds is 3. The monoisotopic (exact) mass is 588 g/mol. The van der Waals surface area contributed by atoms with Crippen molar-refractivity contribution in [1.29, 1.82) is 0 Å². The molecule has 0 aromatic carbocycles. The molecule has 196 valence electrons. The predicted molar refractivity (Wildman–Crippen MR) is 145 cm³/mol. The number of nitrogens with zero attached hydrogens (tertiary/aromatic N) is 6. The Bertz CT molecular complexity index is 1200. The van der Waals surface area contributed by atoms with Crippen LogP contribution in [0, 0.1) is 27.6 Å². The maximum Gasteiger partial charge on any atom is 0 e. The van der Waals surface area contributed by atoms with Crippen molar-refractivity contribution in [3.8, 4) is 0 Å². The van der Waals surface area contributed by atoms with E-state index in [1.807, 2.05) is 37.2 Å². The summed E-state index contributed by atoms with van der Waals surface area (Å²) in [5.74, 6) is 0. The molecule has 0 radical (unpaired) electrons. The van der Waals surface area contributed by atoms with E-state index in [0.29, 0.717) is 14.3 Å². The zero-order valence-corrected chi connectivity index (χ0v) is 25.7. The molecule has 0 saturated heterocycles. The molecule has 13 heteroatoms. The van der Waals surface area contributed by atoms with Crippen LogP contribution in [-0.2, 0) is 43.0 Å². The summed E-state index contributed by atoms with van der Waals surface area (Å²) >= 11 is 17.7. The van der Waals surface area contributed by atoms with Crippen LogP contribution in [0.3, 0.4) is 0 Å². The number of aromatic nitrogens is 6. The van der Waals surface area contributed by atoms with E-state index in [2.05, 4.69) is 103 Å². The summed E-state index contributed by atoms with van der Waals surface area (Å²) in [6.45, 7) is 28.3. The second-order valence-electron chi connectivity index (χ2n) is 10.9. The molecule has 3 aromatic rings. The Morgan fingerprint density at radius 3 is 0.861 bits per heavy atom. The Balaban J connectivity index is 0.00000233. The van der Waals surface area contributed by atoms with E-state index in [0.717, 1.165) is 0 Å². The molecule has 3 aromatic heterocycles. The van der Waals surface area contributed by atoms with Gasteiger partial charge in [-0.1, -0.05) is 0 Å². The van der Waals surface area contributed by atoms with Crippen LogP contribution in [0.1, 0.15) is 62.3 Å². The van der Waals surface area contributed by atoms with Crippen LogP contribution in [0.25, 0.3) is 0 Å². The van der Waals surface area contributed by atoms with Crippen molar-refractivity contribution in [2.24, 2.45) is 0 Å². The van der Waals surface area contributed by atoms with E-state index >= 15 is 0 Å². The molecular formula is C23H33BFeN6O2S3. The van der Waals surface area contributed by atoms with Gasteiger partial charge < -0.3 is 27.1 Å². The van der Waals surface area contributed by atoms with Gasteiger partial charge in [0.1, 0.15) is 0 Å². The Labute approximate surface area is 240 Å². The van der Waals surface area contributed by atoms with Crippen LogP contribution < -0.4 is 0 Å². The summed E-state index contributed by atoms with van der Waals surface area (Å²) in [6, 6.07) is 0. The zero-order chi connectivity index (χ0) is 27.5. The standard InChI is InChI=1S/C21H33BN6S3.2CO.Fe/c1-19(2,3)23-10-13-26(16(23)29)22(27-14-11-24(17(27)30)20(4,5)6)28-15-12-25(18(28)31)21(7,8)9;2*1-2;/h10-15H,1-9H3;;;. The van der Waals surface area contributed by atoms with Crippen LogP contribution in [0.5, 0.6) is 0 Å². The van der Waals surface area contributed by atoms with Gasteiger partial charge in [-0.25, -0.2) is 0 Å². The van der Waals surface area contributed by atoms with E-state index in [-0.39, 0.29) is 40.8 Å². The molecule has 3 rings (SSSR count). The first-order chi connectivity index (χ1) is 16.0. The molecular weight excluding hydrogens is 555 g/mol. The van der Waals surface area contributed by atoms with E-state index < -0.39 is 0 Å². The largest absolute Gasteiger partial charge is 0 e. The Kier molecular flexibility index (Phi) is 12.2. The van der Waals surface area contributed by atoms with Gasteiger partial charge in [0.05, 0.1) is 0 Å². The molecule has 0 saturated carbocycles. The number of imidazole rings is 3. The van der Waals surface area contributed by atoms with Crippen LogP contribution >= 0.6 is 36.7 Å². The molecule has 8 nitrogen and oxygen atoms in total. The van der Waals surface area contributed by atoms with E-state index in [9.17, 15) is 0 Å². The third kappa shape index (κ3) is 7.01. The Hall–Kier alpha value is -1.65. The maximum absolute atomic E-state index is 7.50. The van der Waals surface area contributed by atoms with Gasteiger partial charge >= 0.3 is 29.7 Å². The van der Waals surface area contributed by atoms with Crippen LogP contribution in [0.4, 0.5) is 0 Å². The summed E-state index contributed by atoms with van der Waals surface area (Å²) < 4.78 is 29.6. The van der Waals surface area contributed by atoms with Crippen molar-refractivity contribution in [2.45, 2.75) is 78.9 Å². The molecule has 0 bridgehead atoms. The van der Waals surface area contributed by atoms with Gasteiger partial charge in [-0.3, -0.25) is 0 Å². The average molecular weight is 588 g/mol. The van der Waals surface area contributed by atoms with Gasteiger partial charge in [0.15, 0.2) is 14.3 Å². The zero-order valence-electron chi connectivity index (χ0n) is 22.1. The fourth-order valence-corrected chi connectivity index (χ4v) is 5.10. The first-order valence-corrected chi connectivity index (χ1v) is 12.1. The van der Waals surface area contributed by atoms with Gasteiger partial charge in [-0.05, 0) is 99.0 Å². The van der Waals surface area contributed by atoms with E-state index in [1.165, 1.54) is 0 Å². The molecule has 0 aliphatic heterocycles. The van der Waals surface area contributed by atoms with Crippen molar-refractivity contribution in [2.75, 3.05) is 0 Å². The minimum Gasteiger partial charge on any atom is 0 e. The Morgan fingerprint density at radius 1 is 0.528 bits per heavy atom. The summed E-state index contributed by atoms with van der Waals surface area (Å²) in [4.78, 5) is 0. The third-order valence-electron chi connectivity index (χ3n) is 5.32. The quantitative estimate of drug-likeness (QED) is 0.168. The minimum atomic E-state index is -0.344. The van der Waals surface area contributed by atoms with Crippen molar-refractivity contribution in [3.63, 3.8) is 0 Å². The van der Waals surface area contributed by atoms with E-state index in [4.69, 9.17) is 46.0 Å². The maximum atomic E-state index is 7.50. The SMILES string of the molecule is CC(C)(C)n1ccn(B(n2ccn(C(C)(C)C)c2=S)n2ccn(C(C)(C)C)c2=S)c1=S.[C-]#[O+].[C-]#[O+].[Fe]. The van der Waals surface area contributed by atoms with Gasteiger partial charge in [-0.2, -0.15) is 0 Å². The fourth-order valence-electron chi connectivity index (χ4n) is 3.63. The molecule has 0 amide bonds. The first kappa shape index (κ1) is 34.4. The fraction of sp³-hybridized carbons (Fsp3) is 0.522. The predicted octanol–water partition coefficient (Wildman–Crippen LogP) is 5.80. The summed E-state index contributed by atoms with van der Waals surface area (Å²) in [6.07, 6.45) is 12.2. The summed E-state index contributed by atoms with van der Waals surface area (Å²) in [5.41, 5.74) is -0.403. The minimum absolute atomic E-state index is 0. The molecule has 0 atom stereocenters. The van der Waals surface area contributed by atoms with Gasteiger partial charge in [0, 0.05) is 70.9 Å². The molecule has 0 N–H and O–H groups in total. The van der Waals surface area contributed by atoms with Gasteiger partial charge in [0.25, 0.3) is 0 Å². The Morgan fingerprint density at radius 2 is 0.722 bits per heavy atom. The second kappa shape index (κ2) is 12.7. The van der Waals surface area contributed by atoms with Gasteiger partial charge in [-0.15, -0.1) is 0 Å². The van der Waals surface area contributed by atoms with Crippen molar-refractivity contribution in [3.05, 3.63) is 64.8 Å². The third-order valence-corrected chi connectivity index (χ3v) is 6.55. The molecule has 36 heavy (non-hydrogen) atoms. The molecule has 0 unspecified atom stereocenters. The van der Waals surface area contributed by atoms with Crippen molar-refractivity contribution in [1.82, 2.24) is 27.1 Å². The molecule has 0 aliphatic rings. The topological polar surface area (TPSA) is 69.4 Å². The summed E-state index contributed by atoms with van der Waals surface area (Å²) in [7, 11) is -0.344. The molecule has 0 spiro atoms. The van der Waals surface area contributed by atoms with Crippen molar-refractivity contribution < 1.29 is 26.4 Å². The van der Waals surface area contributed by atoms with Crippen LogP contribution in [-0.4, -0.2) is 34.3 Å². The van der Waals surface area contributed by atoms with Gasteiger partial charge in [0.2, 0.25) is 0 Å². The molecule has 0 aliphatic carbocycles. The van der Waals surface area contributed by atoms with Crippen LogP contribution in [0.15, 0.2) is 37.2 Å². The van der Waals surface area contributed by atoms with Crippen molar-refractivity contribution >= 4 is 43.8 Å². The van der Waals surface area contributed by atoms with E-state index in [1.54, 1.807) is 0 Å². The number of hydrogen-bond donors (Lipinski definition) is 0. The van der Waals surface area contributed by atoms with Crippen LogP contribution in [0.2, 0.25) is 0 Å². The smallest absolute Gasteiger partial charge is 0 e. The average Bonchev–Trinajstić information content (AvgIpc) is 3.43. The molecule has 0 fully saturated rings. The molecule has 3 heterocycles. The summed E-state index contributed by atoms with van der Waals surface area (Å²) in [5, 5.41) is 0. The first-order valence-electron chi connectivity index (χ1n) is 10.9. The second-order valence-corrected chi connectivity index (χ2v) is 12.0. The normalized spacial score (nSPS) is 11.4. The number of hydrogen-bond acceptors (Lipinski definition) is 3.